The SMILES string of the molecule is COc1ccc(C2=NN(C(=O)c3ccc(C(=O)c4cccnc4)cc3N)CCC2)cc1OC1CCCC1. The van der Waals surface area contributed by atoms with Gasteiger partial charge in [-0.3, -0.25) is 14.6 Å². The molecule has 1 aromatic heterocycles. The Morgan fingerprint density at radius 3 is 2.57 bits per heavy atom. The van der Waals surface area contributed by atoms with E-state index >= 15 is 0 Å². The third kappa shape index (κ3) is 5.33. The van der Waals surface area contributed by atoms with E-state index in [2.05, 4.69) is 10.1 Å². The van der Waals surface area contributed by atoms with Gasteiger partial charge < -0.3 is 15.2 Å². The van der Waals surface area contributed by atoms with E-state index in [0.717, 1.165) is 37.0 Å². The fourth-order valence-corrected chi connectivity index (χ4v) is 4.83. The Balaban J connectivity index is 1.36. The number of nitrogens with zero attached hydrogens (tertiary/aromatic N) is 3. The summed E-state index contributed by atoms with van der Waals surface area (Å²) in [5.74, 6) is 0.892. The molecule has 5 rings (SSSR count). The number of methoxy groups -OCH3 is 1. The molecule has 8 nitrogen and oxygen atoms in total. The van der Waals surface area contributed by atoms with Gasteiger partial charge in [0.05, 0.1) is 24.5 Å². The number of anilines is 1. The molecule has 1 amide bonds. The first-order valence-corrected chi connectivity index (χ1v) is 12.6. The highest BCUT2D eigenvalue weighted by molar-refractivity contribution is 6.10. The number of hydrogen-bond donors (Lipinski definition) is 1. The highest BCUT2D eigenvalue weighted by Gasteiger charge is 2.24. The van der Waals surface area contributed by atoms with Gasteiger partial charge >= 0.3 is 0 Å². The molecular formula is C29H30N4O4. The van der Waals surface area contributed by atoms with Crippen molar-refractivity contribution in [3.63, 3.8) is 0 Å². The Hall–Kier alpha value is -4.20. The predicted octanol–water partition coefficient (Wildman–Crippen LogP) is 4.87. The number of ether oxygens (including phenoxy) is 2. The zero-order chi connectivity index (χ0) is 25.8. The molecule has 8 heteroatoms. The van der Waals surface area contributed by atoms with Crippen LogP contribution in [0.15, 0.2) is 66.0 Å². The van der Waals surface area contributed by atoms with Crippen LogP contribution in [0.1, 0.15) is 70.4 Å². The summed E-state index contributed by atoms with van der Waals surface area (Å²) < 4.78 is 11.8. The minimum Gasteiger partial charge on any atom is -0.493 e. The number of carbonyl (C=O) groups excluding carboxylic acids is 2. The van der Waals surface area contributed by atoms with Crippen molar-refractivity contribution in [2.75, 3.05) is 19.4 Å². The summed E-state index contributed by atoms with van der Waals surface area (Å²) in [5.41, 5.74) is 9.34. The van der Waals surface area contributed by atoms with Crippen LogP contribution in [0, 0.1) is 0 Å². The molecule has 0 radical (unpaired) electrons. The number of benzene rings is 2. The fourth-order valence-electron chi connectivity index (χ4n) is 4.83. The normalized spacial score (nSPS) is 15.8. The van der Waals surface area contributed by atoms with Crippen molar-refractivity contribution in [1.82, 2.24) is 9.99 Å². The van der Waals surface area contributed by atoms with Crippen LogP contribution < -0.4 is 15.2 Å². The van der Waals surface area contributed by atoms with Gasteiger partial charge in [0.2, 0.25) is 0 Å². The lowest BCUT2D eigenvalue weighted by Crippen LogP contribution is -2.32. The summed E-state index contributed by atoms with van der Waals surface area (Å²) in [6.07, 6.45) is 9.28. The highest BCUT2D eigenvalue weighted by Crippen LogP contribution is 2.33. The largest absolute Gasteiger partial charge is 0.493 e. The molecule has 37 heavy (non-hydrogen) atoms. The van der Waals surface area contributed by atoms with Crippen LogP contribution >= 0.6 is 0 Å². The minimum absolute atomic E-state index is 0.200. The van der Waals surface area contributed by atoms with E-state index in [1.54, 1.807) is 37.6 Å². The first-order valence-electron chi connectivity index (χ1n) is 12.6. The van der Waals surface area contributed by atoms with Crippen LogP contribution in [-0.4, -0.2) is 47.2 Å². The molecule has 0 bridgehead atoms. The van der Waals surface area contributed by atoms with E-state index in [-0.39, 0.29) is 23.5 Å². The molecule has 2 aliphatic rings. The molecule has 190 valence electrons. The molecular weight excluding hydrogens is 468 g/mol. The maximum atomic E-state index is 13.3. The first-order chi connectivity index (χ1) is 18.0. The Labute approximate surface area is 216 Å². The molecule has 1 saturated carbocycles. The van der Waals surface area contributed by atoms with Crippen LogP contribution in [0.4, 0.5) is 5.69 Å². The van der Waals surface area contributed by atoms with Gasteiger partial charge in [0.25, 0.3) is 5.91 Å². The number of ketones is 1. The van der Waals surface area contributed by atoms with Crippen molar-refractivity contribution < 1.29 is 19.1 Å². The summed E-state index contributed by atoms with van der Waals surface area (Å²) in [6, 6.07) is 13.9. The van der Waals surface area contributed by atoms with Crippen molar-refractivity contribution in [3.05, 3.63) is 83.2 Å². The van der Waals surface area contributed by atoms with E-state index in [0.29, 0.717) is 34.7 Å². The molecule has 3 aromatic rings. The lowest BCUT2D eigenvalue weighted by molar-refractivity contribution is 0.0752. The lowest BCUT2D eigenvalue weighted by Gasteiger charge is -2.25. The third-order valence-corrected chi connectivity index (χ3v) is 6.82. The van der Waals surface area contributed by atoms with Crippen molar-refractivity contribution in [2.24, 2.45) is 5.10 Å². The summed E-state index contributed by atoms with van der Waals surface area (Å²) in [7, 11) is 1.63. The maximum Gasteiger partial charge on any atom is 0.276 e. The highest BCUT2D eigenvalue weighted by atomic mass is 16.5. The lowest BCUT2D eigenvalue weighted by atomic mass is 10.0. The quantitative estimate of drug-likeness (QED) is 0.368. The maximum absolute atomic E-state index is 13.3. The molecule has 0 atom stereocenters. The van der Waals surface area contributed by atoms with Gasteiger partial charge in [0.1, 0.15) is 0 Å². The van der Waals surface area contributed by atoms with Crippen LogP contribution in [-0.2, 0) is 0 Å². The van der Waals surface area contributed by atoms with Crippen LogP contribution in [0.25, 0.3) is 0 Å². The number of nitrogen functional groups attached to an aromatic ring is 1. The van der Waals surface area contributed by atoms with Gasteiger partial charge in [-0.1, -0.05) is 6.07 Å². The third-order valence-electron chi connectivity index (χ3n) is 6.82. The zero-order valence-corrected chi connectivity index (χ0v) is 20.9. The van der Waals surface area contributed by atoms with Crippen molar-refractivity contribution >= 4 is 23.1 Å². The molecule has 0 unspecified atom stereocenters. The predicted molar refractivity (Wildman–Crippen MR) is 141 cm³/mol. The van der Waals surface area contributed by atoms with Gasteiger partial charge in [0, 0.05) is 41.3 Å². The second kappa shape index (κ2) is 10.8. The average molecular weight is 499 g/mol. The molecule has 2 heterocycles. The Morgan fingerprint density at radius 2 is 1.84 bits per heavy atom. The van der Waals surface area contributed by atoms with Gasteiger partial charge in [0.15, 0.2) is 17.3 Å². The van der Waals surface area contributed by atoms with Crippen molar-refractivity contribution in [2.45, 2.75) is 44.6 Å². The van der Waals surface area contributed by atoms with Crippen LogP contribution in [0.3, 0.4) is 0 Å². The summed E-state index contributed by atoms with van der Waals surface area (Å²) in [6.45, 7) is 0.486. The fraction of sp³-hybridized carbons (Fsp3) is 0.310. The Morgan fingerprint density at radius 1 is 1.00 bits per heavy atom. The summed E-state index contributed by atoms with van der Waals surface area (Å²) in [4.78, 5) is 30.1. The van der Waals surface area contributed by atoms with E-state index in [9.17, 15) is 9.59 Å². The topological polar surface area (TPSA) is 107 Å². The number of rotatable bonds is 7. The number of aromatic nitrogens is 1. The zero-order valence-electron chi connectivity index (χ0n) is 20.9. The van der Waals surface area contributed by atoms with Gasteiger partial charge in [-0.25, -0.2) is 5.01 Å². The van der Waals surface area contributed by atoms with Gasteiger partial charge in [-0.2, -0.15) is 5.10 Å². The van der Waals surface area contributed by atoms with Gasteiger partial charge in [-0.15, -0.1) is 0 Å². The van der Waals surface area contributed by atoms with Crippen molar-refractivity contribution in [1.29, 1.82) is 0 Å². The van der Waals surface area contributed by atoms with Crippen LogP contribution in [0.2, 0.25) is 0 Å². The van der Waals surface area contributed by atoms with E-state index in [4.69, 9.17) is 15.2 Å². The second-order valence-corrected chi connectivity index (χ2v) is 9.34. The average Bonchev–Trinajstić information content (AvgIpc) is 3.46. The van der Waals surface area contributed by atoms with E-state index in [1.807, 2.05) is 18.2 Å². The van der Waals surface area contributed by atoms with Gasteiger partial charge in [-0.05, 0) is 81.0 Å². The first kappa shape index (κ1) is 24.5. The molecule has 2 aromatic carbocycles. The summed E-state index contributed by atoms with van der Waals surface area (Å²) in [5, 5.41) is 6.13. The summed E-state index contributed by atoms with van der Waals surface area (Å²) >= 11 is 0. The van der Waals surface area contributed by atoms with E-state index in [1.165, 1.54) is 30.1 Å². The second-order valence-electron chi connectivity index (χ2n) is 9.34. The molecule has 2 N–H and O–H groups in total. The standard InChI is InChI=1S/C29H30N4O4/c1-36-26-13-11-19(17-27(26)37-22-7-2-3-8-22)25-9-5-15-33(32-25)29(35)23-12-10-20(16-24(23)30)28(34)21-6-4-14-31-18-21/h4,6,10-14,16-18,22H,2-3,5,7-9,15,30H2,1H3. The number of hydrogen-bond acceptors (Lipinski definition) is 7. The number of carbonyl (C=O) groups is 2. The molecule has 0 spiro atoms. The number of nitrogens with two attached hydrogens (primary N) is 1. The molecule has 1 aliphatic heterocycles. The molecule has 0 saturated heterocycles. The monoisotopic (exact) mass is 498 g/mol. The number of hydrazone groups is 1. The number of amides is 1. The minimum atomic E-state index is -0.300. The van der Waals surface area contributed by atoms with E-state index < -0.39 is 0 Å². The molecule has 1 fully saturated rings. The Bertz CT molecular complexity index is 1330. The van der Waals surface area contributed by atoms with Crippen molar-refractivity contribution in [3.8, 4) is 11.5 Å². The molecule has 1 aliphatic carbocycles. The smallest absolute Gasteiger partial charge is 0.276 e. The van der Waals surface area contributed by atoms with Crippen LogP contribution in [0.5, 0.6) is 11.5 Å². The number of pyridine rings is 1. The Kier molecular flexibility index (Phi) is 7.16.